The van der Waals surface area contributed by atoms with Crippen molar-refractivity contribution in [1.29, 1.82) is 0 Å². The Morgan fingerprint density at radius 2 is 1.94 bits per heavy atom. The smallest absolute Gasteiger partial charge is 0.348 e. The number of rotatable bonds is 5. The average Bonchev–Trinajstić information content (AvgIpc) is 2.66. The van der Waals surface area contributed by atoms with Gasteiger partial charge in [0.25, 0.3) is 0 Å². The SMILES string of the molecule is CCCc1c(C(=O)OCC)sc(N)c1C(=O)OC. The molecule has 0 aliphatic rings. The summed E-state index contributed by atoms with van der Waals surface area (Å²) in [6.07, 6.45) is 1.39. The van der Waals surface area contributed by atoms with Crippen LogP contribution in [0.1, 0.15) is 45.9 Å². The van der Waals surface area contributed by atoms with Crippen LogP contribution in [-0.4, -0.2) is 25.7 Å². The topological polar surface area (TPSA) is 78.6 Å². The third kappa shape index (κ3) is 2.81. The Labute approximate surface area is 110 Å². The Balaban J connectivity index is 3.27. The van der Waals surface area contributed by atoms with Crippen molar-refractivity contribution in [3.63, 3.8) is 0 Å². The fourth-order valence-corrected chi connectivity index (χ4v) is 2.66. The maximum absolute atomic E-state index is 11.8. The van der Waals surface area contributed by atoms with Gasteiger partial charge in [0, 0.05) is 0 Å². The standard InChI is InChI=1S/C12H17NO4S/c1-4-6-7-8(11(14)16-3)10(13)18-9(7)12(15)17-5-2/h4-6,13H2,1-3H3. The Hall–Kier alpha value is -1.56. The number of nitrogens with two attached hydrogens (primary N) is 1. The molecule has 0 atom stereocenters. The quantitative estimate of drug-likeness (QED) is 0.831. The zero-order valence-electron chi connectivity index (χ0n) is 10.7. The van der Waals surface area contributed by atoms with Gasteiger partial charge in [0.15, 0.2) is 0 Å². The lowest BCUT2D eigenvalue weighted by Crippen LogP contribution is -2.10. The Morgan fingerprint density at radius 1 is 1.28 bits per heavy atom. The van der Waals surface area contributed by atoms with Gasteiger partial charge in [-0.3, -0.25) is 0 Å². The van der Waals surface area contributed by atoms with E-state index in [1.165, 1.54) is 7.11 Å². The zero-order chi connectivity index (χ0) is 13.7. The highest BCUT2D eigenvalue weighted by Crippen LogP contribution is 2.33. The van der Waals surface area contributed by atoms with Gasteiger partial charge in [-0.2, -0.15) is 0 Å². The lowest BCUT2D eigenvalue weighted by Gasteiger charge is -2.05. The molecule has 0 aromatic carbocycles. The molecule has 0 unspecified atom stereocenters. The Kier molecular flexibility index (Phi) is 5.15. The van der Waals surface area contributed by atoms with E-state index in [4.69, 9.17) is 15.2 Å². The van der Waals surface area contributed by atoms with Gasteiger partial charge in [0.2, 0.25) is 0 Å². The minimum atomic E-state index is -0.511. The molecule has 0 amide bonds. The van der Waals surface area contributed by atoms with Crippen LogP contribution >= 0.6 is 11.3 Å². The summed E-state index contributed by atoms with van der Waals surface area (Å²) in [5.74, 6) is -0.949. The molecule has 1 heterocycles. The number of hydrogen-bond acceptors (Lipinski definition) is 6. The second-order valence-corrected chi connectivity index (χ2v) is 4.66. The van der Waals surface area contributed by atoms with Crippen molar-refractivity contribution in [3.05, 3.63) is 16.0 Å². The number of nitrogen functional groups attached to an aromatic ring is 1. The van der Waals surface area contributed by atoms with Gasteiger partial charge >= 0.3 is 11.9 Å². The maximum atomic E-state index is 11.8. The van der Waals surface area contributed by atoms with Crippen molar-refractivity contribution >= 4 is 28.3 Å². The molecule has 2 N–H and O–H groups in total. The van der Waals surface area contributed by atoms with E-state index in [9.17, 15) is 9.59 Å². The summed E-state index contributed by atoms with van der Waals surface area (Å²) in [6.45, 7) is 3.98. The first-order valence-corrected chi connectivity index (χ1v) is 6.54. The van der Waals surface area contributed by atoms with Crippen LogP contribution in [-0.2, 0) is 15.9 Å². The molecule has 0 saturated carbocycles. The van der Waals surface area contributed by atoms with Crippen molar-refractivity contribution < 1.29 is 19.1 Å². The molecule has 0 spiro atoms. The number of anilines is 1. The van der Waals surface area contributed by atoms with Gasteiger partial charge in [-0.05, 0) is 18.9 Å². The summed E-state index contributed by atoms with van der Waals surface area (Å²) in [5.41, 5.74) is 6.72. The summed E-state index contributed by atoms with van der Waals surface area (Å²) in [7, 11) is 1.29. The molecule has 6 heteroatoms. The lowest BCUT2D eigenvalue weighted by molar-refractivity contribution is 0.0531. The van der Waals surface area contributed by atoms with Crippen LogP contribution in [0, 0.1) is 0 Å². The third-order valence-corrected chi connectivity index (χ3v) is 3.43. The molecule has 1 rings (SSSR count). The molecule has 0 radical (unpaired) electrons. The van der Waals surface area contributed by atoms with Gasteiger partial charge in [0.05, 0.1) is 19.3 Å². The molecule has 1 aromatic rings. The van der Waals surface area contributed by atoms with Crippen LogP contribution in [0.4, 0.5) is 5.00 Å². The fraction of sp³-hybridized carbons (Fsp3) is 0.500. The normalized spacial score (nSPS) is 10.2. The van der Waals surface area contributed by atoms with Crippen LogP contribution in [0.3, 0.4) is 0 Å². The summed E-state index contributed by atoms with van der Waals surface area (Å²) in [6, 6.07) is 0. The van der Waals surface area contributed by atoms with Crippen LogP contribution in [0.5, 0.6) is 0 Å². The first-order chi connectivity index (χ1) is 8.56. The minimum absolute atomic E-state index is 0.287. The van der Waals surface area contributed by atoms with Crippen molar-refractivity contribution in [2.75, 3.05) is 19.5 Å². The van der Waals surface area contributed by atoms with Crippen molar-refractivity contribution in [3.8, 4) is 0 Å². The highest BCUT2D eigenvalue weighted by molar-refractivity contribution is 7.18. The summed E-state index contributed by atoms with van der Waals surface area (Å²) < 4.78 is 9.65. The van der Waals surface area contributed by atoms with Gasteiger partial charge in [-0.15, -0.1) is 11.3 Å². The van der Waals surface area contributed by atoms with Gasteiger partial charge in [0.1, 0.15) is 9.88 Å². The number of carbonyl (C=O) groups is 2. The second-order valence-electron chi connectivity index (χ2n) is 3.61. The minimum Gasteiger partial charge on any atom is -0.465 e. The number of carbonyl (C=O) groups excluding carboxylic acids is 2. The van der Waals surface area contributed by atoms with Crippen molar-refractivity contribution in [2.24, 2.45) is 0 Å². The fourth-order valence-electron chi connectivity index (χ4n) is 1.66. The molecule has 0 bridgehead atoms. The molecule has 0 fully saturated rings. The van der Waals surface area contributed by atoms with E-state index < -0.39 is 11.9 Å². The first kappa shape index (κ1) is 14.5. The van der Waals surface area contributed by atoms with Gasteiger partial charge in [-0.25, -0.2) is 9.59 Å². The van der Waals surface area contributed by atoms with E-state index in [-0.39, 0.29) is 6.61 Å². The van der Waals surface area contributed by atoms with Gasteiger partial charge < -0.3 is 15.2 Å². The Bertz CT molecular complexity index is 453. The van der Waals surface area contributed by atoms with Crippen molar-refractivity contribution in [2.45, 2.75) is 26.7 Å². The number of ether oxygens (including phenoxy) is 2. The average molecular weight is 271 g/mol. The predicted octanol–water partition coefficient (Wildman–Crippen LogP) is 2.25. The van der Waals surface area contributed by atoms with E-state index >= 15 is 0 Å². The molecular formula is C12H17NO4S. The number of hydrogen-bond donors (Lipinski definition) is 1. The zero-order valence-corrected chi connectivity index (χ0v) is 11.6. The molecule has 0 saturated heterocycles. The van der Waals surface area contributed by atoms with Crippen LogP contribution in [0.2, 0.25) is 0 Å². The monoisotopic (exact) mass is 271 g/mol. The predicted molar refractivity (Wildman–Crippen MR) is 70.0 cm³/mol. The maximum Gasteiger partial charge on any atom is 0.348 e. The highest BCUT2D eigenvalue weighted by Gasteiger charge is 2.26. The van der Waals surface area contributed by atoms with E-state index in [0.717, 1.165) is 17.8 Å². The van der Waals surface area contributed by atoms with Crippen molar-refractivity contribution in [1.82, 2.24) is 0 Å². The molecule has 100 valence electrons. The summed E-state index contributed by atoms with van der Waals surface area (Å²) in [5, 5.41) is 0.299. The van der Waals surface area contributed by atoms with E-state index in [1.54, 1.807) is 6.92 Å². The highest BCUT2D eigenvalue weighted by atomic mass is 32.1. The molecule has 0 aliphatic carbocycles. The Morgan fingerprint density at radius 3 is 2.44 bits per heavy atom. The lowest BCUT2D eigenvalue weighted by atomic mass is 10.1. The van der Waals surface area contributed by atoms with E-state index in [2.05, 4.69) is 0 Å². The number of esters is 2. The molecule has 5 nitrogen and oxygen atoms in total. The van der Waals surface area contributed by atoms with E-state index in [1.807, 2.05) is 6.92 Å². The summed E-state index contributed by atoms with van der Waals surface area (Å²) >= 11 is 1.08. The molecule has 0 aliphatic heterocycles. The second kappa shape index (κ2) is 6.39. The molecule has 18 heavy (non-hydrogen) atoms. The number of thiophene rings is 1. The van der Waals surface area contributed by atoms with Gasteiger partial charge in [-0.1, -0.05) is 13.3 Å². The summed E-state index contributed by atoms with van der Waals surface area (Å²) in [4.78, 5) is 23.9. The molecule has 1 aromatic heterocycles. The van der Waals surface area contributed by atoms with E-state index in [0.29, 0.717) is 27.4 Å². The van der Waals surface area contributed by atoms with Crippen LogP contribution in [0.15, 0.2) is 0 Å². The van der Waals surface area contributed by atoms with Crippen LogP contribution < -0.4 is 5.73 Å². The largest absolute Gasteiger partial charge is 0.465 e. The van der Waals surface area contributed by atoms with Crippen LogP contribution in [0.25, 0.3) is 0 Å². The molecular weight excluding hydrogens is 254 g/mol. The third-order valence-electron chi connectivity index (χ3n) is 2.38. The first-order valence-electron chi connectivity index (χ1n) is 5.73. The number of methoxy groups -OCH3 is 1.